The molecule has 3 aromatic rings. The van der Waals surface area contributed by atoms with Gasteiger partial charge in [0.25, 0.3) is 11.6 Å². The van der Waals surface area contributed by atoms with Crippen molar-refractivity contribution in [3.63, 3.8) is 0 Å². The van der Waals surface area contributed by atoms with Gasteiger partial charge >= 0.3 is 5.97 Å². The predicted molar refractivity (Wildman–Crippen MR) is 97.4 cm³/mol. The van der Waals surface area contributed by atoms with Crippen molar-refractivity contribution < 1.29 is 23.6 Å². The fourth-order valence-electron chi connectivity index (χ4n) is 2.31. The number of benzene rings is 2. The topological polar surface area (TPSA) is 118 Å². The van der Waals surface area contributed by atoms with E-state index < -0.39 is 23.1 Å². The fraction of sp³-hybridized carbons (Fsp3) is 0.211. The Balaban J connectivity index is 1.62. The van der Waals surface area contributed by atoms with E-state index in [1.165, 1.54) is 24.3 Å². The van der Waals surface area contributed by atoms with Crippen LogP contribution in [0.25, 0.3) is 11.5 Å². The third-order valence-corrected chi connectivity index (χ3v) is 3.79. The minimum absolute atomic E-state index is 0.0433. The zero-order valence-corrected chi connectivity index (χ0v) is 15.1. The number of nitrogens with zero attached hydrogens (tertiary/aromatic N) is 3. The summed E-state index contributed by atoms with van der Waals surface area (Å²) in [6.07, 6.45) is -1.60. The largest absolute Gasteiger partial charge is 0.479 e. The third kappa shape index (κ3) is 4.50. The number of para-hydroxylation sites is 1. The number of esters is 1. The minimum Gasteiger partial charge on any atom is -0.479 e. The molecule has 0 aliphatic heterocycles. The predicted octanol–water partition coefficient (Wildman–Crippen LogP) is 3.72. The third-order valence-electron chi connectivity index (χ3n) is 3.79. The van der Waals surface area contributed by atoms with E-state index in [-0.39, 0.29) is 17.5 Å². The van der Waals surface area contributed by atoms with E-state index in [1.54, 1.807) is 38.1 Å². The lowest BCUT2D eigenvalue weighted by molar-refractivity contribution is -0.384. The average Bonchev–Trinajstić information content (AvgIpc) is 3.19. The smallest absolute Gasteiger partial charge is 0.347 e. The monoisotopic (exact) mass is 383 g/mol. The highest BCUT2D eigenvalue weighted by Gasteiger charge is 2.23. The van der Waals surface area contributed by atoms with Crippen LogP contribution in [-0.4, -0.2) is 27.2 Å². The molecule has 0 saturated carbocycles. The molecule has 0 radical (unpaired) electrons. The van der Waals surface area contributed by atoms with Crippen LogP contribution in [0, 0.1) is 10.1 Å². The first-order valence-electron chi connectivity index (χ1n) is 8.44. The Morgan fingerprint density at radius 2 is 1.75 bits per heavy atom. The lowest BCUT2D eigenvalue weighted by Gasteiger charge is -2.16. The van der Waals surface area contributed by atoms with Gasteiger partial charge in [-0.25, -0.2) is 4.79 Å². The van der Waals surface area contributed by atoms with E-state index in [4.69, 9.17) is 13.9 Å². The van der Waals surface area contributed by atoms with E-state index in [1.807, 2.05) is 6.07 Å². The average molecular weight is 383 g/mol. The first-order chi connectivity index (χ1) is 13.4. The first-order valence-corrected chi connectivity index (χ1v) is 8.44. The Kier molecular flexibility index (Phi) is 5.64. The van der Waals surface area contributed by atoms with Gasteiger partial charge in [-0.15, -0.1) is 10.2 Å². The van der Waals surface area contributed by atoms with Gasteiger partial charge in [0.05, 0.1) is 4.92 Å². The summed E-state index contributed by atoms with van der Waals surface area (Å²) < 4.78 is 16.4. The van der Waals surface area contributed by atoms with E-state index in [0.717, 1.165) is 0 Å². The van der Waals surface area contributed by atoms with Crippen LogP contribution in [-0.2, 0) is 9.53 Å². The molecule has 0 N–H and O–H groups in total. The molecule has 0 unspecified atom stereocenters. The van der Waals surface area contributed by atoms with Crippen molar-refractivity contribution in [1.29, 1.82) is 0 Å². The van der Waals surface area contributed by atoms with E-state index in [2.05, 4.69) is 10.2 Å². The highest BCUT2D eigenvalue weighted by Crippen LogP contribution is 2.24. The molecular formula is C19H17N3O6. The van der Waals surface area contributed by atoms with E-state index in [9.17, 15) is 14.9 Å². The van der Waals surface area contributed by atoms with Crippen LogP contribution in [0.1, 0.15) is 25.8 Å². The molecule has 1 heterocycles. The number of hydrogen-bond acceptors (Lipinski definition) is 8. The normalized spacial score (nSPS) is 12.8. The molecule has 1 aromatic heterocycles. The number of carbonyl (C=O) groups excluding carboxylic acids is 1. The molecule has 0 fully saturated rings. The van der Waals surface area contributed by atoms with Crippen LogP contribution in [0.5, 0.6) is 5.75 Å². The van der Waals surface area contributed by atoms with Gasteiger partial charge in [-0.2, -0.15) is 0 Å². The van der Waals surface area contributed by atoms with Gasteiger partial charge in [0.1, 0.15) is 5.75 Å². The molecule has 3 rings (SSSR count). The zero-order valence-electron chi connectivity index (χ0n) is 15.1. The summed E-state index contributed by atoms with van der Waals surface area (Å²) in [4.78, 5) is 22.4. The summed E-state index contributed by atoms with van der Waals surface area (Å²) in [5.74, 6) is 0.249. The number of non-ortho nitro benzene ring substituents is 1. The maximum absolute atomic E-state index is 12.2. The quantitative estimate of drug-likeness (QED) is 0.344. The molecule has 144 valence electrons. The van der Waals surface area contributed by atoms with Gasteiger partial charge in [-0.3, -0.25) is 10.1 Å². The number of nitro groups is 1. The van der Waals surface area contributed by atoms with Gasteiger partial charge in [0.15, 0.2) is 12.2 Å². The Labute approximate surface area is 160 Å². The number of nitro benzene ring substituents is 1. The van der Waals surface area contributed by atoms with Gasteiger partial charge < -0.3 is 13.9 Å². The van der Waals surface area contributed by atoms with Gasteiger partial charge in [0, 0.05) is 17.7 Å². The highest BCUT2D eigenvalue weighted by molar-refractivity contribution is 5.74. The van der Waals surface area contributed by atoms with E-state index >= 15 is 0 Å². The van der Waals surface area contributed by atoms with Crippen molar-refractivity contribution in [2.45, 2.75) is 26.1 Å². The summed E-state index contributed by atoms with van der Waals surface area (Å²) in [5.41, 5.74) is 0.474. The standard InChI is InChI=1S/C19H17N3O6/c1-12(27-19(23)13(2)26-16-6-4-3-5-7-16)17-20-21-18(28-17)14-8-10-15(11-9-14)22(24)25/h3-13H,1-2H3/t12-,13-/m0/s1. The lowest BCUT2D eigenvalue weighted by Crippen LogP contribution is -2.27. The summed E-state index contributed by atoms with van der Waals surface area (Å²) >= 11 is 0. The SMILES string of the molecule is C[C@H](Oc1ccccc1)C(=O)O[C@@H](C)c1nnc(-c2ccc([N+](=O)[O-])cc2)o1. The van der Waals surface area contributed by atoms with Crippen LogP contribution in [0.3, 0.4) is 0 Å². The van der Waals surface area contributed by atoms with E-state index in [0.29, 0.717) is 11.3 Å². The molecule has 0 aliphatic rings. The molecule has 2 aromatic carbocycles. The van der Waals surface area contributed by atoms with Crippen LogP contribution >= 0.6 is 0 Å². The molecule has 2 atom stereocenters. The molecule has 0 bridgehead atoms. The first kappa shape index (κ1) is 19.0. The van der Waals surface area contributed by atoms with Crippen molar-refractivity contribution in [2.24, 2.45) is 0 Å². The van der Waals surface area contributed by atoms with Crippen molar-refractivity contribution in [1.82, 2.24) is 10.2 Å². The van der Waals surface area contributed by atoms with Crippen LogP contribution in [0.15, 0.2) is 59.0 Å². The maximum Gasteiger partial charge on any atom is 0.347 e. The zero-order chi connectivity index (χ0) is 20.1. The number of aromatic nitrogens is 2. The van der Waals surface area contributed by atoms with Crippen molar-refractivity contribution in [3.8, 4) is 17.2 Å². The highest BCUT2D eigenvalue weighted by atomic mass is 16.6. The number of rotatable bonds is 7. The summed E-state index contributed by atoms with van der Waals surface area (Å²) in [6, 6.07) is 14.6. The number of hydrogen-bond donors (Lipinski definition) is 0. The van der Waals surface area contributed by atoms with Gasteiger partial charge in [0.2, 0.25) is 5.89 Å². The molecule has 0 spiro atoms. The molecule has 9 nitrogen and oxygen atoms in total. The summed E-state index contributed by atoms with van der Waals surface area (Å²) in [6.45, 7) is 3.18. The number of carbonyl (C=O) groups is 1. The summed E-state index contributed by atoms with van der Waals surface area (Å²) in [5, 5.41) is 18.5. The second-order valence-electron chi connectivity index (χ2n) is 5.90. The van der Waals surface area contributed by atoms with Crippen LogP contribution < -0.4 is 4.74 Å². The van der Waals surface area contributed by atoms with Crippen molar-refractivity contribution in [2.75, 3.05) is 0 Å². The number of ether oxygens (including phenoxy) is 2. The molecule has 9 heteroatoms. The van der Waals surface area contributed by atoms with Crippen LogP contribution in [0.2, 0.25) is 0 Å². The lowest BCUT2D eigenvalue weighted by atomic mass is 10.2. The Morgan fingerprint density at radius 1 is 1.07 bits per heavy atom. The fourth-order valence-corrected chi connectivity index (χ4v) is 2.31. The van der Waals surface area contributed by atoms with Crippen LogP contribution in [0.4, 0.5) is 5.69 Å². The molecular weight excluding hydrogens is 366 g/mol. The molecule has 0 aliphatic carbocycles. The Morgan fingerprint density at radius 3 is 2.39 bits per heavy atom. The van der Waals surface area contributed by atoms with Crippen molar-refractivity contribution in [3.05, 3.63) is 70.6 Å². The second kappa shape index (κ2) is 8.30. The van der Waals surface area contributed by atoms with Crippen molar-refractivity contribution >= 4 is 11.7 Å². The maximum atomic E-state index is 12.2. The molecule has 0 amide bonds. The van der Waals surface area contributed by atoms with Gasteiger partial charge in [-0.05, 0) is 38.1 Å². The Bertz CT molecular complexity index is 955. The second-order valence-corrected chi connectivity index (χ2v) is 5.90. The summed E-state index contributed by atoms with van der Waals surface area (Å²) in [7, 11) is 0. The molecule has 0 saturated heterocycles. The Hall–Kier alpha value is -3.75. The van der Waals surface area contributed by atoms with Gasteiger partial charge in [-0.1, -0.05) is 18.2 Å². The minimum atomic E-state index is -0.818. The molecule has 28 heavy (non-hydrogen) atoms.